The predicted molar refractivity (Wildman–Crippen MR) is 103 cm³/mol. The number of ether oxygens (including phenoxy) is 1. The minimum atomic E-state index is 0.154. The fourth-order valence-corrected chi connectivity index (χ4v) is 4.63. The van der Waals surface area contributed by atoms with Gasteiger partial charge in [-0.2, -0.15) is 0 Å². The molecular formula is C22H27N3O2. The van der Waals surface area contributed by atoms with Gasteiger partial charge in [0.2, 0.25) is 0 Å². The second-order valence-corrected chi connectivity index (χ2v) is 8.22. The fourth-order valence-electron chi connectivity index (χ4n) is 4.63. The predicted octanol–water partition coefficient (Wildman–Crippen LogP) is 3.64. The van der Waals surface area contributed by atoms with Gasteiger partial charge in [0.05, 0.1) is 6.61 Å². The van der Waals surface area contributed by atoms with E-state index < -0.39 is 0 Å². The molecule has 0 spiro atoms. The second-order valence-electron chi connectivity index (χ2n) is 8.22. The van der Waals surface area contributed by atoms with E-state index in [1.807, 2.05) is 29.3 Å². The summed E-state index contributed by atoms with van der Waals surface area (Å²) in [6.45, 7) is 3.47. The van der Waals surface area contributed by atoms with Gasteiger partial charge in [0.1, 0.15) is 11.6 Å². The molecule has 2 aromatic rings. The Balaban J connectivity index is 1.23. The molecule has 0 radical (unpaired) electrons. The third-order valence-electron chi connectivity index (χ3n) is 6.51. The maximum Gasteiger partial charge on any atom is 0.253 e. The number of imidazole rings is 1. The van der Waals surface area contributed by atoms with Gasteiger partial charge in [0.25, 0.3) is 5.91 Å². The molecule has 1 aliphatic carbocycles. The molecule has 0 unspecified atom stereocenters. The number of hydrogen-bond donors (Lipinski definition) is 0. The highest BCUT2D eigenvalue weighted by atomic mass is 16.5. The third-order valence-corrected chi connectivity index (χ3v) is 6.51. The van der Waals surface area contributed by atoms with Gasteiger partial charge < -0.3 is 14.2 Å². The first kappa shape index (κ1) is 16.8. The molecular weight excluding hydrogens is 338 g/mol. The van der Waals surface area contributed by atoms with E-state index in [1.54, 1.807) is 0 Å². The van der Waals surface area contributed by atoms with Gasteiger partial charge in [-0.1, -0.05) is 6.42 Å². The van der Waals surface area contributed by atoms with Crippen molar-refractivity contribution in [2.24, 2.45) is 5.92 Å². The summed E-state index contributed by atoms with van der Waals surface area (Å²) in [5.74, 6) is 3.62. The van der Waals surface area contributed by atoms with Crippen molar-refractivity contribution in [1.29, 1.82) is 0 Å². The molecule has 27 heavy (non-hydrogen) atoms. The van der Waals surface area contributed by atoms with Gasteiger partial charge in [0.15, 0.2) is 0 Å². The first-order valence-corrected chi connectivity index (χ1v) is 10.3. The number of benzene rings is 1. The van der Waals surface area contributed by atoms with Crippen molar-refractivity contribution in [1.82, 2.24) is 14.5 Å². The fraction of sp³-hybridized carbons (Fsp3) is 0.545. The lowest BCUT2D eigenvalue weighted by molar-refractivity contribution is 0.0710. The lowest BCUT2D eigenvalue weighted by atomic mass is 9.85. The van der Waals surface area contributed by atoms with Crippen molar-refractivity contribution in [3.63, 3.8) is 0 Å². The minimum absolute atomic E-state index is 0.154. The lowest BCUT2D eigenvalue weighted by Crippen LogP contribution is -2.38. The molecule has 2 aliphatic heterocycles. The third kappa shape index (κ3) is 3.24. The van der Waals surface area contributed by atoms with Gasteiger partial charge in [-0.25, -0.2) is 4.98 Å². The van der Waals surface area contributed by atoms with E-state index in [1.165, 1.54) is 25.1 Å². The summed E-state index contributed by atoms with van der Waals surface area (Å²) in [6.07, 6.45) is 11.1. The highest BCUT2D eigenvalue weighted by molar-refractivity contribution is 5.94. The minimum Gasteiger partial charge on any atom is -0.493 e. The summed E-state index contributed by atoms with van der Waals surface area (Å²) in [5, 5.41) is 0. The van der Waals surface area contributed by atoms with Gasteiger partial charge in [-0.3, -0.25) is 4.79 Å². The van der Waals surface area contributed by atoms with Crippen molar-refractivity contribution in [3.05, 3.63) is 47.5 Å². The number of carbonyl (C=O) groups is 1. The smallest absolute Gasteiger partial charge is 0.253 e. The number of rotatable bonds is 4. The molecule has 5 heteroatoms. The molecule has 0 N–H and O–H groups in total. The SMILES string of the molecule is O=C(c1ccc2c(c1)CCO2)N1CCC(c2nccn2CC2CCC2)CC1. The Labute approximate surface area is 160 Å². The Morgan fingerprint density at radius 2 is 2.04 bits per heavy atom. The van der Waals surface area contributed by atoms with E-state index in [9.17, 15) is 4.79 Å². The van der Waals surface area contributed by atoms with Crippen molar-refractivity contribution >= 4 is 5.91 Å². The molecule has 1 aromatic carbocycles. The maximum atomic E-state index is 12.9. The average Bonchev–Trinajstić information content (AvgIpc) is 3.32. The van der Waals surface area contributed by atoms with E-state index >= 15 is 0 Å². The van der Waals surface area contributed by atoms with E-state index in [2.05, 4.69) is 15.7 Å². The van der Waals surface area contributed by atoms with Crippen LogP contribution in [0.1, 0.15) is 59.8 Å². The van der Waals surface area contributed by atoms with Crippen LogP contribution in [0.3, 0.4) is 0 Å². The Hall–Kier alpha value is -2.30. The largest absolute Gasteiger partial charge is 0.493 e. The van der Waals surface area contributed by atoms with Crippen LogP contribution in [-0.2, 0) is 13.0 Å². The molecule has 3 aliphatic rings. The topological polar surface area (TPSA) is 47.4 Å². The molecule has 0 bridgehead atoms. The number of aromatic nitrogens is 2. The molecule has 2 fully saturated rings. The number of hydrogen-bond acceptors (Lipinski definition) is 3. The number of piperidine rings is 1. The van der Waals surface area contributed by atoms with E-state index in [0.29, 0.717) is 5.92 Å². The quantitative estimate of drug-likeness (QED) is 0.831. The highest BCUT2D eigenvalue weighted by Gasteiger charge is 2.28. The number of fused-ring (bicyclic) bond motifs is 1. The number of likely N-dealkylation sites (tertiary alicyclic amines) is 1. The van der Waals surface area contributed by atoms with E-state index in [0.717, 1.165) is 68.3 Å². The molecule has 142 valence electrons. The highest BCUT2D eigenvalue weighted by Crippen LogP contribution is 2.32. The molecule has 5 nitrogen and oxygen atoms in total. The van der Waals surface area contributed by atoms with E-state index in [4.69, 9.17) is 4.74 Å². The van der Waals surface area contributed by atoms with Crippen LogP contribution in [0.2, 0.25) is 0 Å². The zero-order valence-corrected chi connectivity index (χ0v) is 15.8. The summed E-state index contributed by atoms with van der Waals surface area (Å²) >= 11 is 0. The van der Waals surface area contributed by atoms with Crippen LogP contribution < -0.4 is 4.74 Å². The van der Waals surface area contributed by atoms with Crippen LogP contribution in [0.25, 0.3) is 0 Å². The van der Waals surface area contributed by atoms with Crippen LogP contribution in [0.15, 0.2) is 30.6 Å². The molecule has 1 saturated heterocycles. The summed E-state index contributed by atoms with van der Waals surface area (Å²) < 4.78 is 7.92. The van der Waals surface area contributed by atoms with Crippen LogP contribution in [0, 0.1) is 5.92 Å². The Kier molecular flexibility index (Phi) is 4.38. The Morgan fingerprint density at radius 1 is 1.19 bits per heavy atom. The molecule has 1 aromatic heterocycles. The average molecular weight is 365 g/mol. The normalized spacial score (nSPS) is 20.2. The maximum absolute atomic E-state index is 12.9. The van der Waals surface area contributed by atoms with Crippen LogP contribution in [0.5, 0.6) is 5.75 Å². The van der Waals surface area contributed by atoms with Gasteiger partial charge >= 0.3 is 0 Å². The van der Waals surface area contributed by atoms with Crippen molar-refractivity contribution in [3.8, 4) is 5.75 Å². The Bertz CT molecular complexity index is 832. The zero-order valence-electron chi connectivity index (χ0n) is 15.8. The van der Waals surface area contributed by atoms with Crippen LogP contribution in [-0.4, -0.2) is 40.1 Å². The van der Waals surface area contributed by atoms with Gasteiger partial charge in [-0.15, -0.1) is 0 Å². The standard InChI is InChI=1S/C22H27N3O2/c26-22(19-4-5-20-18(14-19)8-13-27-20)24-10-6-17(7-11-24)21-23-9-12-25(21)15-16-2-1-3-16/h4-5,9,12,14,16-17H,1-3,6-8,10-11,13,15H2. The number of amides is 1. The molecule has 3 heterocycles. The lowest BCUT2D eigenvalue weighted by Gasteiger charge is -2.33. The monoisotopic (exact) mass is 365 g/mol. The summed E-state index contributed by atoms with van der Waals surface area (Å²) in [4.78, 5) is 19.6. The van der Waals surface area contributed by atoms with Crippen LogP contribution >= 0.6 is 0 Å². The van der Waals surface area contributed by atoms with Crippen molar-refractivity contribution in [2.75, 3.05) is 19.7 Å². The number of nitrogens with zero attached hydrogens (tertiary/aromatic N) is 3. The summed E-state index contributed by atoms with van der Waals surface area (Å²) in [5.41, 5.74) is 1.96. The summed E-state index contributed by atoms with van der Waals surface area (Å²) in [7, 11) is 0. The first-order chi connectivity index (χ1) is 13.3. The molecule has 5 rings (SSSR count). The molecule has 1 amide bonds. The first-order valence-electron chi connectivity index (χ1n) is 10.3. The zero-order chi connectivity index (χ0) is 18.2. The second kappa shape index (κ2) is 7.02. The van der Waals surface area contributed by atoms with Gasteiger partial charge in [0, 0.05) is 49.9 Å². The van der Waals surface area contributed by atoms with Crippen molar-refractivity contribution < 1.29 is 9.53 Å². The van der Waals surface area contributed by atoms with Gasteiger partial charge in [-0.05, 0) is 55.4 Å². The molecule has 1 saturated carbocycles. The summed E-state index contributed by atoms with van der Waals surface area (Å²) in [6, 6.07) is 5.87. The Morgan fingerprint density at radius 3 is 2.81 bits per heavy atom. The van der Waals surface area contributed by atoms with Crippen molar-refractivity contribution in [2.45, 2.75) is 51.0 Å². The van der Waals surface area contributed by atoms with E-state index in [-0.39, 0.29) is 5.91 Å². The van der Waals surface area contributed by atoms with Crippen LogP contribution in [0.4, 0.5) is 0 Å². The number of carbonyl (C=O) groups excluding carboxylic acids is 1. The molecule has 0 atom stereocenters.